The van der Waals surface area contributed by atoms with Crippen molar-refractivity contribution in [2.24, 2.45) is 0 Å². The Kier molecular flexibility index (Phi) is 5.04. The zero-order valence-electron chi connectivity index (χ0n) is 12.0. The van der Waals surface area contributed by atoms with E-state index >= 15 is 0 Å². The minimum atomic E-state index is -3.37. The van der Waals surface area contributed by atoms with Gasteiger partial charge in [-0.2, -0.15) is 4.31 Å². The molecule has 0 aliphatic carbocycles. The van der Waals surface area contributed by atoms with Crippen LogP contribution in [-0.2, 0) is 15.8 Å². The average Bonchev–Trinajstić information content (AvgIpc) is 2.47. The molecule has 0 aromatic heterocycles. The molecule has 1 atom stereocenters. The van der Waals surface area contributed by atoms with Crippen LogP contribution in [0.5, 0.6) is 0 Å². The Balaban J connectivity index is 2.17. The first kappa shape index (κ1) is 16.0. The lowest BCUT2D eigenvalue weighted by Crippen LogP contribution is -2.30. The normalized spacial score (nSPS) is 13.3. The van der Waals surface area contributed by atoms with Crippen LogP contribution in [0.1, 0.15) is 24.1 Å². The number of benzene rings is 2. The highest BCUT2D eigenvalue weighted by atomic mass is 35.5. The topological polar surface area (TPSA) is 37.4 Å². The summed E-state index contributed by atoms with van der Waals surface area (Å²) in [5.41, 5.74) is 1.70. The molecule has 1 unspecified atom stereocenters. The third-order valence-electron chi connectivity index (χ3n) is 3.53. The van der Waals surface area contributed by atoms with Crippen molar-refractivity contribution in [1.29, 1.82) is 0 Å². The third kappa shape index (κ3) is 4.06. The van der Waals surface area contributed by atoms with Gasteiger partial charge in [-0.05, 0) is 30.2 Å². The van der Waals surface area contributed by atoms with Crippen molar-refractivity contribution in [3.05, 3.63) is 70.7 Å². The van der Waals surface area contributed by atoms with Gasteiger partial charge in [0.25, 0.3) is 0 Å². The quantitative estimate of drug-likeness (QED) is 0.837. The van der Waals surface area contributed by atoms with Crippen LogP contribution in [-0.4, -0.2) is 19.8 Å². The molecular weight excluding hydrogens is 306 g/mol. The molecule has 0 amide bonds. The molecule has 0 fully saturated rings. The summed E-state index contributed by atoms with van der Waals surface area (Å²) in [5.74, 6) is 0.00225. The zero-order valence-corrected chi connectivity index (χ0v) is 13.6. The minimum Gasteiger partial charge on any atom is -0.212 e. The van der Waals surface area contributed by atoms with Gasteiger partial charge >= 0.3 is 0 Å². The van der Waals surface area contributed by atoms with E-state index in [1.807, 2.05) is 49.4 Å². The second-order valence-electron chi connectivity index (χ2n) is 4.99. The maximum absolute atomic E-state index is 12.5. The first-order valence-electron chi connectivity index (χ1n) is 6.65. The summed E-state index contributed by atoms with van der Waals surface area (Å²) < 4.78 is 26.4. The predicted molar refractivity (Wildman–Crippen MR) is 86.7 cm³/mol. The molecule has 0 saturated carbocycles. The fourth-order valence-electron chi connectivity index (χ4n) is 2.08. The largest absolute Gasteiger partial charge is 0.218 e. The summed E-state index contributed by atoms with van der Waals surface area (Å²) in [6.07, 6.45) is 0. The van der Waals surface area contributed by atoms with Crippen LogP contribution in [0.15, 0.2) is 54.6 Å². The Morgan fingerprint density at radius 1 is 1.05 bits per heavy atom. The lowest BCUT2D eigenvalue weighted by Gasteiger charge is -2.24. The van der Waals surface area contributed by atoms with Gasteiger partial charge in [0.15, 0.2) is 0 Å². The Morgan fingerprint density at radius 3 is 2.19 bits per heavy atom. The second kappa shape index (κ2) is 6.60. The molecular formula is C16H18ClNO2S. The average molecular weight is 324 g/mol. The maximum atomic E-state index is 12.5. The standard InChI is InChI=1S/C16H18ClNO2S/c1-13(15-8-10-16(17)11-9-15)18(2)21(19,20)12-14-6-4-3-5-7-14/h3-11,13H,12H2,1-2H3. The number of halogens is 1. The number of nitrogens with zero attached hydrogens (tertiary/aromatic N) is 1. The molecule has 2 aromatic carbocycles. The molecule has 0 bridgehead atoms. The van der Waals surface area contributed by atoms with Crippen LogP contribution in [0.2, 0.25) is 5.02 Å². The van der Waals surface area contributed by atoms with Crippen LogP contribution < -0.4 is 0 Å². The van der Waals surface area contributed by atoms with E-state index in [0.717, 1.165) is 11.1 Å². The molecule has 3 nitrogen and oxygen atoms in total. The molecule has 21 heavy (non-hydrogen) atoms. The molecule has 0 aliphatic rings. The molecule has 0 aliphatic heterocycles. The lowest BCUT2D eigenvalue weighted by molar-refractivity contribution is 0.398. The van der Waals surface area contributed by atoms with Crippen LogP contribution in [0.4, 0.5) is 0 Å². The van der Waals surface area contributed by atoms with Crippen molar-refractivity contribution in [1.82, 2.24) is 4.31 Å². The number of hydrogen-bond acceptors (Lipinski definition) is 2. The van der Waals surface area contributed by atoms with Crippen LogP contribution in [0, 0.1) is 0 Å². The van der Waals surface area contributed by atoms with Crippen molar-refractivity contribution >= 4 is 21.6 Å². The third-order valence-corrected chi connectivity index (χ3v) is 5.67. The highest BCUT2D eigenvalue weighted by molar-refractivity contribution is 7.88. The molecule has 2 rings (SSSR count). The Hall–Kier alpha value is -1.36. The number of hydrogen-bond donors (Lipinski definition) is 0. The Morgan fingerprint density at radius 2 is 1.62 bits per heavy atom. The van der Waals surface area contributed by atoms with E-state index in [-0.39, 0.29) is 11.8 Å². The summed E-state index contributed by atoms with van der Waals surface area (Å²) in [4.78, 5) is 0. The van der Waals surface area contributed by atoms with Crippen molar-refractivity contribution in [2.75, 3.05) is 7.05 Å². The molecule has 0 heterocycles. The van der Waals surface area contributed by atoms with E-state index < -0.39 is 10.0 Å². The summed E-state index contributed by atoms with van der Waals surface area (Å²) in [6.45, 7) is 1.87. The summed E-state index contributed by atoms with van der Waals surface area (Å²) in [6, 6.07) is 16.2. The van der Waals surface area contributed by atoms with Gasteiger partial charge < -0.3 is 0 Å². The zero-order chi connectivity index (χ0) is 15.5. The van der Waals surface area contributed by atoms with Crippen molar-refractivity contribution in [3.8, 4) is 0 Å². The van der Waals surface area contributed by atoms with E-state index in [1.54, 1.807) is 19.2 Å². The van der Waals surface area contributed by atoms with Crippen LogP contribution in [0.3, 0.4) is 0 Å². The molecule has 0 N–H and O–H groups in total. The maximum Gasteiger partial charge on any atom is 0.218 e. The molecule has 0 saturated heterocycles. The van der Waals surface area contributed by atoms with Gasteiger partial charge in [0.1, 0.15) is 0 Å². The Labute approximate surface area is 131 Å². The molecule has 5 heteroatoms. The van der Waals surface area contributed by atoms with E-state index in [4.69, 9.17) is 11.6 Å². The fourth-order valence-corrected chi connectivity index (χ4v) is 3.63. The molecule has 2 aromatic rings. The highest BCUT2D eigenvalue weighted by Crippen LogP contribution is 2.24. The summed E-state index contributed by atoms with van der Waals surface area (Å²) in [5, 5.41) is 0.640. The van der Waals surface area contributed by atoms with E-state index in [9.17, 15) is 8.42 Å². The van der Waals surface area contributed by atoms with Gasteiger partial charge in [0.2, 0.25) is 10.0 Å². The fraction of sp³-hybridized carbons (Fsp3) is 0.250. The predicted octanol–water partition coefficient (Wildman–Crippen LogP) is 3.86. The van der Waals surface area contributed by atoms with Crippen molar-refractivity contribution in [2.45, 2.75) is 18.7 Å². The minimum absolute atomic E-state index is 0.00225. The first-order valence-corrected chi connectivity index (χ1v) is 8.64. The smallest absolute Gasteiger partial charge is 0.212 e. The van der Waals surface area contributed by atoms with E-state index in [2.05, 4.69) is 0 Å². The van der Waals surface area contributed by atoms with Gasteiger partial charge in [-0.3, -0.25) is 0 Å². The van der Waals surface area contributed by atoms with Crippen LogP contribution >= 0.6 is 11.6 Å². The summed E-state index contributed by atoms with van der Waals surface area (Å²) >= 11 is 5.86. The Bertz CT molecular complexity index is 684. The SMILES string of the molecule is CC(c1ccc(Cl)cc1)N(C)S(=O)(=O)Cc1ccccc1. The van der Waals surface area contributed by atoms with Gasteiger partial charge in [-0.25, -0.2) is 8.42 Å². The van der Waals surface area contributed by atoms with Crippen LogP contribution in [0.25, 0.3) is 0 Å². The van der Waals surface area contributed by atoms with Gasteiger partial charge in [-0.15, -0.1) is 0 Å². The monoisotopic (exact) mass is 323 g/mol. The molecule has 112 valence electrons. The first-order chi connectivity index (χ1) is 9.90. The number of sulfonamides is 1. The van der Waals surface area contributed by atoms with Crippen molar-refractivity contribution < 1.29 is 8.42 Å². The molecule has 0 spiro atoms. The highest BCUT2D eigenvalue weighted by Gasteiger charge is 2.24. The van der Waals surface area contributed by atoms with Crippen molar-refractivity contribution in [3.63, 3.8) is 0 Å². The summed E-state index contributed by atoms with van der Waals surface area (Å²) in [7, 11) is -1.76. The molecule has 0 radical (unpaired) electrons. The van der Waals surface area contributed by atoms with E-state index in [1.165, 1.54) is 4.31 Å². The number of rotatable bonds is 5. The van der Waals surface area contributed by atoms with Gasteiger partial charge in [0.05, 0.1) is 5.75 Å². The van der Waals surface area contributed by atoms with E-state index in [0.29, 0.717) is 5.02 Å². The van der Waals surface area contributed by atoms with Gasteiger partial charge in [-0.1, -0.05) is 54.1 Å². The van der Waals surface area contributed by atoms with Gasteiger partial charge in [0, 0.05) is 18.1 Å². The lowest BCUT2D eigenvalue weighted by atomic mass is 10.1. The second-order valence-corrected chi connectivity index (χ2v) is 7.45.